The molecule has 0 aromatic heterocycles. The van der Waals surface area contributed by atoms with Gasteiger partial charge in [0.25, 0.3) is 0 Å². The van der Waals surface area contributed by atoms with Crippen molar-refractivity contribution in [1.82, 2.24) is 0 Å². The molecule has 0 spiro atoms. The number of nitrogens with one attached hydrogen (secondary N) is 1. The van der Waals surface area contributed by atoms with Crippen LogP contribution in [-0.4, -0.2) is 24.1 Å². The number of hydrogen-bond donors (Lipinski definition) is 2. The van der Waals surface area contributed by atoms with Crippen LogP contribution in [0, 0.1) is 5.41 Å². The quantitative estimate of drug-likeness (QED) is 0.835. The van der Waals surface area contributed by atoms with E-state index in [0.29, 0.717) is 41.8 Å². The highest BCUT2D eigenvalue weighted by atomic mass is 35.5. The van der Waals surface area contributed by atoms with Crippen LogP contribution in [0.3, 0.4) is 0 Å². The molecule has 108 valence electrons. The molecular weight excluding hydrogens is 319 g/mol. The normalized spacial score (nSPS) is 17.5. The summed E-state index contributed by atoms with van der Waals surface area (Å²) in [7, 11) is 0. The Labute approximate surface area is 132 Å². The van der Waals surface area contributed by atoms with E-state index in [1.54, 1.807) is 18.2 Å². The SMILES string of the molecule is NC(=S)C1(C(=O)Nc2cccc(Cl)c2Cl)CCOCC1. The standard InChI is InChI=1S/C13H14Cl2N2O2S/c14-8-2-1-3-9(10(8)15)17-12(18)13(11(16)20)4-6-19-7-5-13/h1-3H,4-7H2,(H2,16,20)(H,17,18). The van der Waals surface area contributed by atoms with E-state index in [-0.39, 0.29) is 10.9 Å². The molecule has 0 bridgehead atoms. The van der Waals surface area contributed by atoms with Gasteiger partial charge in [-0.15, -0.1) is 0 Å². The van der Waals surface area contributed by atoms with Gasteiger partial charge in [0, 0.05) is 13.2 Å². The molecular formula is C13H14Cl2N2O2S. The highest BCUT2D eigenvalue weighted by Crippen LogP contribution is 2.35. The lowest BCUT2D eigenvalue weighted by Crippen LogP contribution is -2.49. The van der Waals surface area contributed by atoms with Crippen molar-refractivity contribution in [3.05, 3.63) is 28.2 Å². The zero-order valence-electron chi connectivity index (χ0n) is 10.6. The van der Waals surface area contributed by atoms with Crippen LogP contribution in [0.15, 0.2) is 18.2 Å². The molecule has 1 amide bonds. The first kappa shape index (κ1) is 15.5. The number of carbonyl (C=O) groups is 1. The Bertz CT molecular complexity index is 545. The average molecular weight is 333 g/mol. The summed E-state index contributed by atoms with van der Waals surface area (Å²) in [6, 6.07) is 5.04. The maximum Gasteiger partial charge on any atom is 0.237 e. The minimum Gasteiger partial charge on any atom is -0.392 e. The number of thiocarbonyl (C=S) groups is 1. The van der Waals surface area contributed by atoms with Crippen molar-refractivity contribution >= 4 is 52.0 Å². The Balaban J connectivity index is 2.25. The number of ether oxygens (including phenoxy) is 1. The largest absolute Gasteiger partial charge is 0.392 e. The predicted octanol–water partition coefficient (Wildman–Crippen LogP) is 3.01. The van der Waals surface area contributed by atoms with E-state index in [1.165, 1.54) is 0 Å². The summed E-state index contributed by atoms with van der Waals surface area (Å²) in [5, 5.41) is 3.44. The monoisotopic (exact) mass is 332 g/mol. The van der Waals surface area contributed by atoms with Crippen molar-refractivity contribution in [2.24, 2.45) is 11.1 Å². The first-order chi connectivity index (χ1) is 9.47. The maximum atomic E-state index is 12.6. The molecule has 2 rings (SSSR count). The van der Waals surface area contributed by atoms with Crippen LogP contribution in [-0.2, 0) is 9.53 Å². The third-order valence-corrected chi connectivity index (χ3v) is 4.66. The molecule has 3 N–H and O–H groups in total. The Hall–Kier alpha value is -0.880. The number of benzene rings is 1. The molecule has 0 saturated carbocycles. The lowest BCUT2D eigenvalue weighted by Gasteiger charge is -2.34. The number of carbonyl (C=O) groups excluding carboxylic acids is 1. The van der Waals surface area contributed by atoms with Gasteiger partial charge in [-0.1, -0.05) is 41.5 Å². The topological polar surface area (TPSA) is 64.4 Å². The molecule has 0 radical (unpaired) electrons. The lowest BCUT2D eigenvalue weighted by molar-refractivity contribution is -0.126. The second-order valence-electron chi connectivity index (χ2n) is 4.61. The van der Waals surface area contributed by atoms with E-state index in [0.717, 1.165) is 0 Å². The summed E-state index contributed by atoms with van der Waals surface area (Å²) in [5.41, 5.74) is 5.34. The van der Waals surface area contributed by atoms with Crippen LogP contribution in [0.25, 0.3) is 0 Å². The number of halogens is 2. The van der Waals surface area contributed by atoms with Gasteiger partial charge in [-0.3, -0.25) is 4.79 Å². The second-order valence-corrected chi connectivity index (χ2v) is 5.84. The molecule has 1 aromatic rings. The fourth-order valence-corrected chi connectivity index (χ4v) is 2.79. The van der Waals surface area contributed by atoms with Crippen molar-refractivity contribution in [3.63, 3.8) is 0 Å². The van der Waals surface area contributed by atoms with Crippen molar-refractivity contribution in [2.75, 3.05) is 18.5 Å². The first-order valence-electron chi connectivity index (χ1n) is 6.10. The van der Waals surface area contributed by atoms with Gasteiger partial charge in [-0.2, -0.15) is 0 Å². The molecule has 1 fully saturated rings. The van der Waals surface area contributed by atoms with E-state index in [4.69, 9.17) is 45.9 Å². The van der Waals surface area contributed by atoms with Gasteiger partial charge in [0.2, 0.25) is 5.91 Å². The molecule has 1 heterocycles. The summed E-state index contributed by atoms with van der Waals surface area (Å²) in [6.07, 6.45) is 0.929. The minimum absolute atomic E-state index is 0.177. The van der Waals surface area contributed by atoms with Crippen molar-refractivity contribution in [3.8, 4) is 0 Å². The third kappa shape index (κ3) is 2.91. The lowest BCUT2D eigenvalue weighted by atomic mass is 9.79. The molecule has 1 aliphatic heterocycles. The molecule has 1 aromatic carbocycles. The van der Waals surface area contributed by atoms with Crippen molar-refractivity contribution in [1.29, 1.82) is 0 Å². The average Bonchev–Trinajstić information content (AvgIpc) is 2.44. The predicted molar refractivity (Wildman–Crippen MR) is 84.4 cm³/mol. The highest BCUT2D eigenvalue weighted by Gasteiger charge is 2.43. The van der Waals surface area contributed by atoms with Gasteiger partial charge in [0.1, 0.15) is 5.41 Å². The van der Waals surface area contributed by atoms with Crippen LogP contribution >= 0.6 is 35.4 Å². The Morgan fingerprint density at radius 3 is 2.60 bits per heavy atom. The van der Waals surface area contributed by atoms with E-state index >= 15 is 0 Å². The van der Waals surface area contributed by atoms with E-state index in [1.807, 2.05) is 0 Å². The van der Waals surface area contributed by atoms with Gasteiger partial charge in [0.05, 0.1) is 20.7 Å². The van der Waals surface area contributed by atoms with Gasteiger partial charge < -0.3 is 15.8 Å². The molecule has 0 aliphatic carbocycles. The van der Waals surface area contributed by atoms with Crippen LogP contribution in [0.2, 0.25) is 10.0 Å². The second kappa shape index (κ2) is 6.26. The van der Waals surface area contributed by atoms with Crippen LogP contribution in [0.1, 0.15) is 12.8 Å². The van der Waals surface area contributed by atoms with Crippen molar-refractivity contribution < 1.29 is 9.53 Å². The van der Waals surface area contributed by atoms with Gasteiger partial charge in [0.15, 0.2) is 0 Å². The number of hydrogen-bond acceptors (Lipinski definition) is 3. The summed E-state index contributed by atoms with van der Waals surface area (Å²) in [5.74, 6) is -0.266. The smallest absolute Gasteiger partial charge is 0.237 e. The molecule has 0 unspecified atom stereocenters. The summed E-state index contributed by atoms with van der Waals surface area (Å²) in [6.45, 7) is 0.905. The fourth-order valence-electron chi connectivity index (χ4n) is 2.15. The van der Waals surface area contributed by atoms with E-state index < -0.39 is 5.41 Å². The van der Waals surface area contributed by atoms with E-state index in [9.17, 15) is 4.79 Å². The van der Waals surface area contributed by atoms with Gasteiger partial charge >= 0.3 is 0 Å². The first-order valence-corrected chi connectivity index (χ1v) is 7.27. The van der Waals surface area contributed by atoms with Crippen LogP contribution < -0.4 is 11.1 Å². The zero-order valence-corrected chi connectivity index (χ0v) is 12.9. The minimum atomic E-state index is -0.890. The van der Waals surface area contributed by atoms with Gasteiger partial charge in [-0.05, 0) is 25.0 Å². The summed E-state index contributed by atoms with van der Waals surface area (Å²) < 4.78 is 5.28. The third-order valence-electron chi connectivity index (χ3n) is 3.45. The van der Waals surface area contributed by atoms with E-state index in [2.05, 4.69) is 5.32 Å². The Morgan fingerprint density at radius 2 is 2.00 bits per heavy atom. The highest BCUT2D eigenvalue weighted by molar-refractivity contribution is 7.80. The number of nitrogens with two attached hydrogens (primary N) is 1. The molecule has 0 atom stereocenters. The van der Waals surface area contributed by atoms with Crippen LogP contribution in [0.5, 0.6) is 0 Å². The van der Waals surface area contributed by atoms with Crippen molar-refractivity contribution in [2.45, 2.75) is 12.8 Å². The fraction of sp³-hybridized carbons (Fsp3) is 0.385. The summed E-state index contributed by atoms with van der Waals surface area (Å²) >= 11 is 17.1. The number of amides is 1. The molecule has 20 heavy (non-hydrogen) atoms. The Kier molecular flexibility index (Phi) is 4.86. The summed E-state index contributed by atoms with van der Waals surface area (Å²) in [4.78, 5) is 12.7. The molecule has 4 nitrogen and oxygen atoms in total. The Morgan fingerprint density at radius 1 is 1.35 bits per heavy atom. The van der Waals surface area contributed by atoms with Gasteiger partial charge in [-0.25, -0.2) is 0 Å². The molecule has 1 saturated heterocycles. The number of rotatable bonds is 3. The van der Waals surface area contributed by atoms with Crippen LogP contribution in [0.4, 0.5) is 5.69 Å². The maximum absolute atomic E-state index is 12.6. The number of anilines is 1. The molecule has 1 aliphatic rings. The molecule has 7 heteroatoms. The zero-order chi connectivity index (χ0) is 14.8.